The molecule has 6 fully saturated rings. The Labute approximate surface area is 294 Å². The second-order valence-corrected chi connectivity index (χ2v) is 16.5. The Morgan fingerprint density at radius 2 is 1.68 bits per heavy atom. The van der Waals surface area contributed by atoms with Gasteiger partial charge in [0.2, 0.25) is 0 Å². The van der Waals surface area contributed by atoms with Gasteiger partial charge in [-0.1, -0.05) is 95.4 Å². The fraction of sp³-hybridized carbons (Fsp3) is 0.700. The number of benzene rings is 1. The van der Waals surface area contributed by atoms with Gasteiger partial charge in [-0.15, -0.1) is 0 Å². The quantitative estimate of drug-likeness (QED) is 0.132. The summed E-state index contributed by atoms with van der Waals surface area (Å²) < 4.78 is 47.5. The van der Waals surface area contributed by atoms with Crippen molar-refractivity contribution in [1.82, 2.24) is 0 Å². The van der Waals surface area contributed by atoms with Crippen LogP contribution in [0.25, 0.3) is 0 Å². The third kappa shape index (κ3) is 4.21. The molecule has 1 aromatic carbocycles. The highest BCUT2D eigenvalue weighted by molar-refractivity contribution is 6.02. The molecule has 272 valence electrons. The van der Waals surface area contributed by atoms with Crippen LogP contribution in [0.3, 0.4) is 0 Å². The molecule has 4 saturated heterocycles. The first-order valence-corrected chi connectivity index (χ1v) is 18.6. The molecule has 2 saturated carbocycles. The smallest absolute Gasteiger partial charge is 0.314 e. The fourth-order valence-electron chi connectivity index (χ4n) is 10.7. The standard InChI is InChI=1S/C40H52O10/c1-8-9-10-11-12-13-17-20-28(42)45-30-25(4)39-29(32-37(30,24(2)3)49-40(47-32,50-39)26-18-15-14-16-19-26)31-36(46-31)23-44-34(5,6)48-33(36)38(43)27(41)21-22-35(38,39)7/h14-16,18-19,21-22,25,29-33,43H,2,8-13,17,20,23H2,1,3-7H3/t25-,29+,30-,31+,32?,33-,35-,36+,37?,38-,39?,40?/m1/s1. The minimum Gasteiger partial charge on any atom is -0.458 e. The highest BCUT2D eigenvalue weighted by Gasteiger charge is 2.93. The van der Waals surface area contributed by atoms with Crippen molar-refractivity contribution in [2.24, 2.45) is 17.3 Å². The van der Waals surface area contributed by atoms with Crippen molar-refractivity contribution < 1.29 is 47.9 Å². The monoisotopic (exact) mass is 692 g/mol. The van der Waals surface area contributed by atoms with E-state index in [1.807, 2.05) is 51.1 Å². The second-order valence-electron chi connectivity index (χ2n) is 16.5. The van der Waals surface area contributed by atoms with Crippen LogP contribution in [0.4, 0.5) is 0 Å². The molecule has 0 amide bonds. The molecular formula is C40H52O10. The number of fused-ring (bicyclic) bond motifs is 3. The third-order valence-corrected chi connectivity index (χ3v) is 13.2. The van der Waals surface area contributed by atoms with Gasteiger partial charge in [-0.05, 0) is 45.8 Å². The molecule has 3 aliphatic carbocycles. The molecule has 7 aliphatic rings. The van der Waals surface area contributed by atoms with Gasteiger partial charge >= 0.3 is 11.9 Å². The molecule has 0 radical (unpaired) electrons. The summed E-state index contributed by atoms with van der Waals surface area (Å²) in [5, 5.41) is 13.2. The van der Waals surface area contributed by atoms with Crippen LogP contribution in [0.2, 0.25) is 0 Å². The van der Waals surface area contributed by atoms with Gasteiger partial charge in [0.05, 0.1) is 12.0 Å². The number of rotatable bonds is 11. The van der Waals surface area contributed by atoms with E-state index in [0.717, 1.165) is 19.3 Å². The fourth-order valence-corrected chi connectivity index (χ4v) is 10.7. The van der Waals surface area contributed by atoms with E-state index in [1.54, 1.807) is 19.9 Å². The van der Waals surface area contributed by atoms with Crippen LogP contribution >= 0.6 is 0 Å². The van der Waals surface area contributed by atoms with E-state index in [0.29, 0.717) is 17.6 Å². The molecule has 4 aliphatic heterocycles. The maximum atomic E-state index is 14.2. The second kappa shape index (κ2) is 11.3. The third-order valence-electron chi connectivity index (χ3n) is 13.2. The lowest BCUT2D eigenvalue weighted by Gasteiger charge is -2.65. The van der Waals surface area contributed by atoms with Gasteiger partial charge < -0.3 is 38.3 Å². The molecule has 50 heavy (non-hydrogen) atoms. The van der Waals surface area contributed by atoms with E-state index in [-0.39, 0.29) is 19.0 Å². The van der Waals surface area contributed by atoms with Crippen molar-refractivity contribution in [1.29, 1.82) is 0 Å². The van der Waals surface area contributed by atoms with Crippen molar-refractivity contribution in [3.63, 3.8) is 0 Å². The molecule has 1 spiro atoms. The van der Waals surface area contributed by atoms with Crippen LogP contribution in [0.1, 0.15) is 98.5 Å². The predicted molar refractivity (Wildman–Crippen MR) is 180 cm³/mol. The summed E-state index contributed by atoms with van der Waals surface area (Å²) in [4.78, 5) is 28.1. The van der Waals surface area contributed by atoms with E-state index in [4.69, 9.17) is 33.2 Å². The number of carbonyl (C=O) groups is 2. The van der Waals surface area contributed by atoms with Crippen molar-refractivity contribution in [3.8, 4) is 0 Å². The predicted octanol–water partition coefficient (Wildman–Crippen LogP) is 5.79. The number of aliphatic hydroxyl groups is 1. The zero-order chi connectivity index (χ0) is 35.5. The van der Waals surface area contributed by atoms with Gasteiger partial charge in [0, 0.05) is 23.8 Å². The first-order valence-electron chi connectivity index (χ1n) is 18.6. The average Bonchev–Trinajstić information content (AvgIpc) is 3.67. The highest BCUT2D eigenvalue weighted by Crippen LogP contribution is 2.77. The van der Waals surface area contributed by atoms with Gasteiger partial charge in [0.25, 0.3) is 0 Å². The highest BCUT2D eigenvalue weighted by atomic mass is 16.9. The van der Waals surface area contributed by atoms with Crippen molar-refractivity contribution in [2.75, 3.05) is 6.61 Å². The van der Waals surface area contributed by atoms with Crippen LogP contribution < -0.4 is 0 Å². The number of hydrogen-bond donors (Lipinski definition) is 1. The van der Waals surface area contributed by atoms with E-state index < -0.39 is 81.6 Å². The average molecular weight is 693 g/mol. The SMILES string of the molecule is C=C(C)C12OC3(c4ccccc4)OC1[C@@H]1[C@@H]4O[C@@]45COC(C)(C)O[C@H]5[C@]4(O)C(=O)C=C[C@@]4(C)C1(O3)[C@H](C)[C@H]2OC(=O)CCCCCCCCC. The lowest BCUT2D eigenvalue weighted by atomic mass is 9.48. The molecule has 12 atom stereocenters. The van der Waals surface area contributed by atoms with Crippen LogP contribution in [0.5, 0.6) is 0 Å². The molecule has 10 nitrogen and oxygen atoms in total. The molecule has 1 aromatic rings. The van der Waals surface area contributed by atoms with Crippen molar-refractivity contribution >= 4 is 11.8 Å². The van der Waals surface area contributed by atoms with E-state index >= 15 is 0 Å². The van der Waals surface area contributed by atoms with Gasteiger partial charge in [-0.2, -0.15) is 0 Å². The molecule has 4 unspecified atom stereocenters. The summed E-state index contributed by atoms with van der Waals surface area (Å²) in [6.07, 6.45) is 7.53. The lowest BCUT2D eigenvalue weighted by molar-refractivity contribution is -0.452. The zero-order valence-corrected chi connectivity index (χ0v) is 30.2. The van der Waals surface area contributed by atoms with Crippen LogP contribution in [0.15, 0.2) is 54.6 Å². The van der Waals surface area contributed by atoms with Crippen molar-refractivity contribution in [2.45, 2.75) is 151 Å². The Kier molecular flexibility index (Phi) is 7.81. The number of ketones is 1. The summed E-state index contributed by atoms with van der Waals surface area (Å²) in [6, 6.07) is 9.38. The van der Waals surface area contributed by atoms with Crippen LogP contribution in [0, 0.1) is 17.3 Å². The molecule has 10 heteroatoms. The van der Waals surface area contributed by atoms with E-state index in [9.17, 15) is 14.7 Å². The van der Waals surface area contributed by atoms with E-state index in [2.05, 4.69) is 13.5 Å². The number of carbonyl (C=O) groups excluding carboxylic acids is 2. The number of hydrogen-bond acceptors (Lipinski definition) is 10. The maximum Gasteiger partial charge on any atom is 0.314 e. The van der Waals surface area contributed by atoms with Gasteiger partial charge in [-0.25, -0.2) is 0 Å². The molecule has 4 heterocycles. The van der Waals surface area contributed by atoms with Crippen LogP contribution in [-0.2, 0) is 48.7 Å². The minimum absolute atomic E-state index is 0.0936. The van der Waals surface area contributed by atoms with Gasteiger partial charge in [0.15, 0.2) is 22.8 Å². The number of ether oxygens (including phenoxy) is 7. The topological polar surface area (TPSA) is 122 Å². The molecule has 8 rings (SSSR count). The number of esters is 1. The van der Waals surface area contributed by atoms with Gasteiger partial charge in [0.1, 0.15) is 35.6 Å². The van der Waals surface area contributed by atoms with Gasteiger partial charge in [-0.3, -0.25) is 9.59 Å². The lowest BCUT2D eigenvalue weighted by Crippen LogP contribution is -2.79. The first kappa shape index (κ1) is 34.6. The van der Waals surface area contributed by atoms with Crippen molar-refractivity contribution in [3.05, 3.63) is 60.2 Å². The van der Waals surface area contributed by atoms with E-state index in [1.165, 1.54) is 25.3 Å². The Bertz CT molecular complexity index is 1610. The number of unbranched alkanes of at least 4 members (excludes halogenated alkanes) is 6. The minimum atomic E-state index is -2.13. The van der Waals surface area contributed by atoms with Crippen LogP contribution in [-0.4, -0.2) is 76.1 Å². The Balaban J connectivity index is 1.26. The largest absolute Gasteiger partial charge is 0.458 e. The molecular weight excluding hydrogens is 640 g/mol. The Hall–Kier alpha value is -2.44. The molecule has 0 aromatic heterocycles. The molecule has 1 N–H and O–H groups in total. The number of epoxide rings is 1. The summed E-state index contributed by atoms with van der Waals surface area (Å²) in [6.45, 7) is 16.0. The summed E-state index contributed by atoms with van der Waals surface area (Å²) in [5.41, 5.74) is -6.27. The first-order chi connectivity index (χ1) is 23.7. The maximum absolute atomic E-state index is 14.2. The normalized spacial score (nSPS) is 47.1. The summed E-state index contributed by atoms with van der Waals surface area (Å²) in [7, 11) is 0. The summed E-state index contributed by atoms with van der Waals surface area (Å²) >= 11 is 0. The Morgan fingerprint density at radius 1 is 0.980 bits per heavy atom. The zero-order valence-electron chi connectivity index (χ0n) is 30.2. The Morgan fingerprint density at radius 3 is 2.38 bits per heavy atom. The molecule has 3 bridgehead atoms. The summed E-state index contributed by atoms with van der Waals surface area (Å²) in [5.74, 6) is -4.97.